The van der Waals surface area contributed by atoms with Crippen LogP contribution in [0.4, 0.5) is 5.95 Å². The van der Waals surface area contributed by atoms with Crippen LogP contribution in [0.2, 0.25) is 0 Å². The number of hydrogen-bond acceptors (Lipinski definition) is 6. The quantitative estimate of drug-likeness (QED) is 0.362. The molecular weight excluding hydrogens is 324 g/mol. The minimum atomic E-state index is -0.413. The number of amides is 1. The van der Waals surface area contributed by atoms with Crippen LogP contribution in [0.15, 0.2) is 52.7 Å². The van der Waals surface area contributed by atoms with E-state index in [1.54, 1.807) is 0 Å². The number of nitrogens with two attached hydrogens (primary N) is 1. The molecule has 0 unspecified atom stereocenters. The first kappa shape index (κ1) is 16.0. The number of carbonyl (C=O) groups is 1. The topological polar surface area (TPSA) is 109 Å². The fraction of sp³-hybridized carbons (Fsp3) is 0.125. The van der Waals surface area contributed by atoms with E-state index >= 15 is 0 Å². The molecule has 0 aliphatic carbocycles. The molecule has 3 aromatic rings. The van der Waals surface area contributed by atoms with Crippen molar-refractivity contribution < 1.29 is 4.79 Å². The molecule has 8 heteroatoms. The van der Waals surface area contributed by atoms with E-state index in [0.29, 0.717) is 11.1 Å². The highest BCUT2D eigenvalue weighted by Crippen LogP contribution is 2.17. The van der Waals surface area contributed by atoms with Gasteiger partial charge in [0.1, 0.15) is 0 Å². The van der Waals surface area contributed by atoms with E-state index in [0.717, 1.165) is 28.4 Å². The Morgan fingerprint density at radius 1 is 1.29 bits per heavy atom. The molecule has 0 aliphatic rings. The molecule has 7 nitrogen and oxygen atoms in total. The number of nitrogens with zero attached hydrogens (tertiary/aromatic N) is 3. The van der Waals surface area contributed by atoms with Gasteiger partial charge in [0.2, 0.25) is 17.0 Å². The Kier molecular flexibility index (Phi) is 4.76. The number of benzene rings is 2. The molecular formula is C16H16N6OS. The molecule has 0 saturated carbocycles. The lowest BCUT2D eigenvalue weighted by molar-refractivity contribution is -0.115. The van der Waals surface area contributed by atoms with Crippen molar-refractivity contribution in [1.82, 2.24) is 15.2 Å². The number of rotatable bonds is 6. The molecule has 0 saturated heterocycles. The first-order valence-electron chi connectivity index (χ1n) is 7.25. The molecule has 0 atom stereocenters. The van der Waals surface area contributed by atoms with Crippen molar-refractivity contribution >= 4 is 40.1 Å². The Labute approximate surface area is 142 Å². The minimum absolute atomic E-state index is 0.136. The summed E-state index contributed by atoms with van der Waals surface area (Å²) in [4.78, 5) is 14.9. The maximum absolute atomic E-state index is 10.7. The van der Waals surface area contributed by atoms with Gasteiger partial charge in [-0.15, -0.1) is 5.10 Å². The summed E-state index contributed by atoms with van der Waals surface area (Å²) in [5.74, 6) is 0.128. The summed E-state index contributed by atoms with van der Waals surface area (Å²) in [5, 5.41) is 13.8. The second-order valence-electron chi connectivity index (χ2n) is 5.09. The normalized spacial score (nSPS) is 11.6. The van der Waals surface area contributed by atoms with Crippen molar-refractivity contribution in [1.29, 1.82) is 0 Å². The van der Waals surface area contributed by atoms with E-state index in [1.165, 1.54) is 5.39 Å². The molecule has 0 spiro atoms. The zero-order chi connectivity index (χ0) is 16.9. The second kappa shape index (κ2) is 7.14. The molecule has 2 aromatic carbocycles. The number of hydrogen-bond donors (Lipinski definition) is 3. The largest absolute Gasteiger partial charge is 0.369 e. The number of aromatic amines is 1. The molecule has 0 aliphatic heterocycles. The van der Waals surface area contributed by atoms with E-state index < -0.39 is 5.91 Å². The van der Waals surface area contributed by atoms with Crippen molar-refractivity contribution in [3.05, 3.63) is 48.0 Å². The summed E-state index contributed by atoms with van der Waals surface area (Å²) >= 11 is 1.16. The molecule has 1 heterocycles. The van der Waals surface area contributed by atoms with E-state index in [4.69, 9.17) is 5.73 Å². The minimum Gasteiger partial charge on any atom is -0.369 e. The lowest BCUT2D eigenvalue weighted by Gasteiger charge is -2.03. The summed E-state index contributed by atoms with van der Waals surface area (Å²) in [5.41, 5.74) is 9.75. The second-order valence-corrected chi connectivity index (χ2v) is 6.04. The maximum Gasteiger partial charge on any atom is 0.240 e. The zero-order valence-corrected chi connectivity index (χ0v) is 13.8. The van der Waals surface area contributed by atoms with Gasteiger partial charge in [-0.1, -0.05) is 48.2 Å². The molecule has 0 radical (unpaired) electrons. The van der Waals surface area contributed by atoms with Crippen LogP contribution < -0.4 is 11.2 Å². The molecule has 24 heavy (non-hydrogen) atoms. The number of nitrogens with one attached hydrogen (secondary N) is 2. The van der Waals surface area contributed by atoms with Gasteiger partial charge in [-0.2, -0.15) is 10.1 Å². The van der Waals surface area contributed by atoms with Crippen molar-refractivity contribution in [2.45, 2.75) is 12.1 Å². The van der Waals surface area contributed by atoms with Crippen LogP contribution in [-0.2, 0) is 4.79 Å². The van der Waals surface area contributed by atoms with Crippen LogP contribution >= 0.6 is 11.8 Å². The monoisotopic (exact) mass is 340 g/mol. The molecule has 122 valence electrons. The van der Waals surface area contributed by atoms with Gasteiger partial charge >= 0.3 is 0 Å². The Hall–Kier alpha value is -2.87. The van der Waals surface area contributed by atoms with Gasteiger partial charge in [0, 0.05) is 0 Å². The number of carbonyl (C=O) groups excluding carboxylic acids is 1. The van der Waals surface area contributed by atoms with Crippen LogP contribution in [-0.4, -0.2) is 32.6 Å². The number of anilines is 1. The first-order chi connectivity index (χ1) is 11.6. The Balaban J connectivity index is 1.70. The van der Waals surface area contributed by atoms with Crippen molar-refractivity contribution in [3.8, 4) is 0 Å². The maximum atomic E-state index is 10.7. The average Bonchev–Trinajstić information content (AvgIpc) is 3.05. The number of hydrazone groups is 1. The highest BCUT2D eigenvalue weighted by molar-refractivity contribution is 7.99. The van der Waals surface area contributed by atoms with Crippen LogP contribution in [0.5, 0.6) is 0 Å². The van der Waals surface area contributed by atoms with Crippen molar-refractivity contribution in [2.75, 3.05) is 11.2 Å². The zero-order valence-electron chi connectivity index (χ0n) is 13.0. The lowest BCUT2D eigenvalue weighted by atomic mass is 10.0. The predicted octanol–water partition coefficient (Wildman–Crippen LogP) is 2.37. The average molecular weight is 340 g/mol. The number of aromatic nitrogens is 3. The first-order valence-corrected chi connectivity index (χ1v) is 8.23. The van der Waals surface area contributed by atoms with Gasteiger partial charge in [-0.3, -0.25) is 4.79 Å². The van der Waals surface area contributed by atoms with E-state index in [2.05, 4.69) is 50.0 Å². The number of primary amides is 1. The summed E-state index contributed by atoms with van der Waals surface area (Å²) in [7, 11) is 0. The van der Waals surface area contributed by atoms with Crippen molar-refractivity contribution in [2.24, 2.45) is 10.8 Å². The number of fused-ring (bicyclic) bond motifs is 1. The van der Waals surface area contributed by atoms with Gasteiger partial charge in [0.05, 0.1) is 11.5 Å². The Morgan fingerprint density at radius 2 is 2.08 bits per heavy atom. The predicted molar refractivity (Wildman–Crippen MR) is 96.1 cm³/mol. The molecule has 4 N–H and O–H groups in total. The van der Waals surface area contributed by atoms with Crippen LogP contribution in [0.3, 0.4) is 0 Å². The van der Waals surface area contributed by atoms with Crippen LogP contribution in [0.25, 0.3) is 10.8 Å². The molecule has 0 fully saturated rings. The van der Waals surface area contributed by atoms with Gasteiger partial charge in [-0.05, 0) is 29.3 Å². The van der Waals surface area contributed by atoms with Crippen molar-refractivity contribution in [3.63, 3.8) is 0 Å². The third-order valence-corrected chi connectivity index (χ3v) is 4.17. The molecule has 0 bridgehead atoms. The summed E-state index contributed by atoms with van der Waals surface area (Å²) < 4.78 is 0. The number of H-pyrrole nitrogens is 1. The molecule has 1 aromatic heterocycles. The fourth-order valence-electron chi connectivity index (χ4n) is 2.11. The Morgan fingerprint density at radius 3 is 2.88 bits per heavy atom. The fourth-order valence-corrected chi connectivity index (χ4v) is 2.65. The molecule has 1 amide bonds. The SMILES string of the molecule is C/C(=N\Nc1nc(SCC(N)=O)n[nH]1)c1ccc2ccccc2c1. The standard InChI is InChI=1S/C16H16N6OS/c1-10(12-7-6-11-4-2-3-5-13(11)8-12)19-20-15-18-16(22-21-15)24-9-14(17)23/h2-8H,9H2,1H3,(H2,17,23)(H2,18,20,21,22)/b19-10+. The highest BCUT2D eigenvalue weighted by Gasteiger charge is 2.05. The third-order valence-electron chi connectivity index (χ3n) is 3.31. The molecule has 3 rings (SSSR count). The Bertz CT molecular complexity index is 904. The number of thioether (sulfide) groups is 1. The smallest absolute Gasteiger partial charge is 0.240 e. The summed E-state index contributed by atoms with van der Waals surface area (Å²) in [6.07, 6.45) is 0. The highest BCUT2D eigenvalue weighted by atomic mass is 32.2. The van der Waals surface area contributed by atoms with Gasteiger partial charge in [0.15, 0.2) is 0 Å². The third kappa shape index (κ3) is 3.90. The summed E-state index contributed by atoms with van der Waals surface area (Å²) in [6.45, 7) is 1.91. The van der Waals surface area contributed by atoms with Gasteiger partial charge in [-0.25, -0.2) is 10.5 Å². The van der Waals surface area contributed by atoms with Gasteiger partial charge in [0.25, 0.3) is 0 Å². The van der Waals surface area contributed by atoms with Crippen LogP contribution in [0, 0.1) is 0 Å². The lowest BCUT2D eigenvalue weighted by Crippen LogP contribution is -2.13. The van der Waals surface area contributed by atoms with Crippen LogP contribution in [0.1, 0.15) is 12.5 Å². The summed E-state index contributed by atoms with van der Waals surface area (Å²) in [6, 6.07) is 14.3. The van der Waals surface area contributed by atoms with E-state index in [-0.39, 0.29) is 5.75 Å². The van der Waals surface area contributed by atoms with Gasteiger partial charge < -0.3 is 5.73 Å². The van der Waals surface area contributed by atoms with E-state index in [9.17, 15) is 4.79 Å². The van der Waals surface area contributed by atoms with E-state index in [1.807, 2.05) is 25.1 Å².